The van der Waals surface area contributed by atoms with Crippen LogP contribution in [0.1, 0.15) is 65.9 Å². The van der Waals surface area contributed by atoms with Crippen LogP contribution in [0.4, 0.5) is 0 Å². The maximum atomic E-state index is 12.8. The Labute approximate surface area is 191 Å². The fraction of sp³-hybridized carbons (Fsp3) is 0.462. The number of rotatable bonds is 8. The normalized spacial score (nSPS) is 18.5. The summed E-state index contributed by atoms with van der Waals surface area (Å²) in [5, 5.41) is 9.32. The second-order valence-corrected chi connectivity index (χ2v) is 9.11. The molecule has 0 saturated heterocycles. The molecule has 3 rings (SSSR count). The van der Waals surface area contributed by atoms with Gasteiger partial charge in [-0.05, 0) is 87.0 Å². The van der Waals surface area contributed by atoms with E-state index in [9.17, 15) is 4.79 Å². The minimum atomic E-state index is 0.0726. The Morgan fingerprint density at radius 2 is 1.68 bits per heavy atom. The number of benzene rings is 2. The van der Waals surface area contributed by atoms with Gasteiger partial charge in [-0.1, -0.05) is 35.9 Å². The average Bonchev–Trinajstić information content (AvgIpc) is 2.79. The van der Waals surface area contributed by atoms with E-state index < -0.39 is 0 Å². The highest BCUT2D eigenvalue weighted by Crippen LogP contribution is 2.35. The largest absolute Gasteiger partial charge is 0.339 e. The number of unbranched alkanes of at least 4 members (excludes halogenated alkanes) is 1. The number of halogens is 1. The molecule has 0 bridgehead atoms. The smallest absolute Gasteiger partial charge is 0.253 e. The van der Waals surface area contributed by atoms with Crippen LogP contribution in [0.25, 0.3) is 0 Å². The molecule has 0 spiro atoms. The van der Waals surface area contributed by atoms with Gasteiger partial charge in [-0.3, -0.25) is 4.79 Å². The third-order valence-corrected chi connectivity index (χ3v) is 6.64. The van der Waals surface area contributed by atoms with E-state index in [0.717, 1.165) is 45.2 Å². The summed E-state index contributed by atoms with van der Waals surface area (Å²) in [4.78, 5) is 17.0. The first kappa shape index (κ1) is 23.3. The molecule has 1 amide bonds. The zero-order valence-electron chi connectivity index (χ0n) is 18.6. The SMILES string of the molecule is CN(CCCC#N)Cc1ccc(C2CCC(N(C)C(=O)c3ccc(Cl)cc3)CC2)cc1. The van der Waals surface area contributed by atoms with Crippen LogP contribution in [-0.4, -0.2) is 42.4 Å². The van der Waals surface area contributed by atoms with Crippen molar-refractivity contribution in [3.63, 3.8) is 0 Å². The minimum Gasteiger partial charge on any atom is -0.339 e. The van der Waals surface area contributed by atoms with Crippen molar-refractivity contribution in [2.75, 3.05) is 20.6 Å². The van der Waals surface area contributed by atoms with Crippen molar-refractivity contribution in [2.24, 2.45) is 0 Å². The van der Waals surface area contributed by atoms with Crippen LogP contribution in [0.3, 0.4) is 0 Å². The quantitative estimate of drug-likeness (QED) is 0.485. The third kappa shape index (κ3) is 6.56. The maximum Gasteiger partial charge on any atom is 0.253 e. The standard InChI is InChI=1S/C26H32ClN3O/c1-29(18-4-3-17-28)19-20-5-7-21(8-6-20)22-11-15-25(16-12-22)30(2)26(31)23-9-13-24(27)14-10-23/h5-10,13-14,22,25H,3-4,11-12,15-16,18-19H2,1-2H3. The molecule has 164 valence electrons. The number of carbonyl (C=O) groups excluding carboxylic acids is 1. The van der Waals surface area contributed by atoms with Crippen LogP contribution in [0.15, 0.2) is 48.5 Å². The van der Waals surface area contributed by atoms with Gasteiger partial charge in [-0.15, -0.1) is 0 Å². The molecule has 4 nitrogen and oxygen atoms in total. The van der Waals surface area contributed by atoms with Crippen molar-refractivity contribution in [3.8, 4) is 6.07 Å². The Bertz CT molecular complexity index is 880. The molecule has 2 aromatic rings. The molecule has 0 aliphatic heterocycles. The predicted molar refractivity (Wildman–Crippen MR) is 126 cm³/mol. The molecule has 0 heterocycles. The van der Waals surface area contributed by atoms with Gasteiger partial charge in [-0.2, -0.15) is 5.26 Å². The Balaban J connectivity index is 1.49. The van der Waals surface area contributed by atoms with E-state index in [2.05, 4.69) is 42.3 Å². The molecule has 1 saturated carbocycles. The second-order valence-electron chi connectivity index (χ2n) is 8.67. The van der Waals surface area contributed by atoms with Gasteiger partial charge in [0.05, 0.1) is 6.07 Å². The second kappa shape index (κ2) is 11.3. The highest BCUT2D eigenvalue weighted by Gasteiger charge is 2.27. The molecular weight excluding hydrogens is 406 g/mol. The number of hydrogen-bond acceptors (Lipinski definition) is 3. The molecule has 0 radical (unpaired) electrons. The lowest BCUT2D eigenvalue weighted by Crippen LogP contribution is -2.39. The molecule has 2 aromatic carbocycles. The monoisotopic (exact) mass is 437 g/mol. The Morgan fingerprint density at radius 1 is 1.03 bits per heavy atom. The number of amides is 1. The van der Waals surface area contributed by atoms with Crippen LogP contribution in [0.2, 0.25) is 5.02 Å². The molecule has 1 fully saturated rings. The maximum absolute atomic E-state index is 12.8. The first-order valence-electron chi connectivity index (χ1n) is 11.1. The summed E-state index contributed by atoms with van der Waals surface area (Å²) in [6.45, 7) is 1.86. The Hall–Kier alpha value is -2.35. The number of carbonyl (C=O) groups is 1. The molecular formula is C26H32ClN3O. The van der Waals surface area contributed by atoms with Crippen LogP contribution < -0.4 is 0 Å². The summed E-state index contributed by atoms with van der Waals surface area (Å²) >= 11 is 5.94. The molecule has 5 heteroatoms. The molecule has 1 aliphatic rings. The summed E-state index contributed by atoms with van der Waals surface area (Å²) in [5.74, 6) is 0.640. The zero-order chi connectivity index (χ0) is 22.2. The van der Waals surface area contributed by atoms with Crippen LogP contribution in [0.5, 0.6) is 0 Å². The average molecular weight is 438 g/mol. The van der Waals surface area contributed by atoms with Gasteiger partial charge in [0.25, 0.3) is 5.91 Å². The van der Waals surface area contributed by atoms with Crippen molar-refractivity contribution in [2.45, 2.75) is 57.0 Å². The van der Waals surface area contributed by atoms with Gasteiger partial charge in [0, 0.05) is 36.6 Å². The van der Waals surface area contributed by atoms with Crippen LogP contribution in [-0.2, 0) is 6.54 Å². The van der Waals surface area contributed by atoms with E-state index in [1.54, 1.807) is 24.3 Å². The zero-order valence-corrected chi connectivity index (χ0v) is 19.3. The molecule has 1 aliphatic carbocycles. The van der Waals surface area contributed by atoms with E-state index in [4.69, 9.17) is 16.9 Å². The number of hydrogen-bond donors (Lipinski definition) is 0. The van der Waals surface area contributed by atoms with Crippen molar-refractivity contribution in [1.82, 2.24) is 9.80 Å². The van der Waals surface area contributed by atoms with E-state index in [1.807, 2.05) is 11.9 Å². The lowest BCUT2D eigenvalue weighted by Gasteiger charge is -2.35. The lowest BCUT2D eigenvalue weighted by molar-refractivity contribution is 0.0689. The van der Waals surface area contributed by atoms with Crippen molar-refractivity contribution in [1.29, 1.82) is 5.26 Å². The van der Waals surface area contributed by atoms with Crippen molar-refractivity contribution < 1.29 is 4.79 Å². The Kier molecular flexibility index (Phi) is 8.51. The topological polar surface area (TPSA) is 47.3 Å². The summed E-state index contributed by atoms with van der Waals surface area (Å²) in [6.07, 6.45) is 5.82. The fourth-order valence-electron chi connectivity index (χ4n) is 4.47. The van der Waals surface area contributed by atoms with Gasteiger partial charge >= 0.3 is 0 Å². The molecule has 0 N–H and O–H groups in total. The number of nitriles is 1. The molecule has 31 heavy (non-hydrogen) atoms. The summed E-state index contributed by atoms with van der Waals surface area (Å²) in [7, 11) is 4.03. The summed E-state index contributed by atoms with van der Waals surface area (Å²) in [6, 6.07) is 18.6. The highest BCUT2D eigenvalue weighted by molar-refractivity contribution is 6.30. The van der Waals surface area contributed by atoms with E-state index in [-0.39, 0.29) is 5.91 Å². The Morgan fingerprint density at radius 3 is 2.29 bits per heavy atom. The van der Waals surface area contributed by atoms with Crippen molar-refractivity contribution >= 4 is 17.5 Å². The fourth-order valence-corrected chi connectivity index (χ4v) is 4.60. The van der Waals surface area contributed by atoms with Crippen LogP contribution in [0, 0.1) is 11.3 Å². The van der Waals surface area contributed by atoms with Gasteiger partial charge in [0.1, 0.15) is 0 Å². The van der Waals surface area contributed by atoms with E-state index in [0.29, 0.717) is 29.0 Å². The third-order valence-electron chi connectivity index (χ3n) is 6.39. The van der Waals surface area contributed by atoms with E-state index in [1.165, 1.54) is 11.1 Å². The van der Waals surface area contributed by atoms with Gasteiger partial charge in [-0.25, -0.2) is 0 Å². The lowest BCUT2D eigenvalue weighted by atomic mass is 9.81. The first-order valence-corrected chi connectivity index (χ1v) is 11.5. The summed E-state index contributed by atoms with van der Waals surface area (Å²) < 4.78 is 0. The van der Waals surface area contributed by atoms with Crippen molar-refractivity contribution in [3.05, 3.63) is 70.2 Å². The predicted octanol–water partition coefficient (Wildman–Crippen LogP) is 5.87. The molecule has 0 atom stereocenters. The molecule has 0 aromatic heterocycles. The first-order chi connectivity index (χ1) is 15.0. The summed E-state index contributed by atoms with van der Waals surface area (Å²) in [5.41, 5.74) is 3.41. The highest BCUT2D eigenvalue weighted by atomic mass is 35.5. The number of nitrogens with zero attached hydrogens (tertiary/aromatic N) is 3. The van der Waals surface area contributed by atoms with Crippen LogP contribution >= 0.6 is 11.6 Å². The van der Waals surface area contributed by atoms with E-state index >= 15 is 0 Å². The van der Waals surface area contributed by atoms with Gasteiger partial charge in [0.2, 0.25) is 0 Å². The van der Waals surface area contributed by atoms with Gasteiger partial charge < -0.3 is 9.80 Å². The minimum absolute atomic E-state index is 0.0726. The van der Waals surface area contributed by atoms with Gasteiger partial charge in [0.15, 0.2) is 0 Å². The molecule has 0 unspecified atom stereocenters.